The topological polar surface area (TPSA) is 58.6 Å². The third-order valence-corrected chi connectivity index (χ3v) is 5.18. The molecular weight excluding hydrogens is 399 g/mol. The van der Waals surface area contributed by atoms with Crippen LogP contribution in [0.3, 0.4) is 0 Å². The van der Waals surface area contributed by atoms with Gasteiger partial charge in [0.2, 0.25) is 0 Å². The number of carbonyl (C=O) groups is 2. The van der Waals surface area contributed by atoms with E-state index in [9.17, 15) is 9.59 Å². The van der Waals surface area contributed by atoms with Crippen molar-refractivity contribution < 1.29 is 14.3 Å². The van der Waals surface area contributed by atoms with E-state index in [1.807, 2.05) is 4.90 Å². The number of carbonyl (C=O) groups excluding carboxylic acids is 2. The Balaban J connectivity index is 1.67. The molecule has 0 bridgehead atoms. The van der Waals surface area contributed by atoms with Gasteiger partial charge in [-0.15, -0.1) is 0 Å². The second kappa shape index (κ2) is 9.80. The molecule has 0 aromatic heterocycles. The van der Waals surface area contributed by atoms with Crippen LogP contribution in [0.15, 0.2) is 42.5 Å². The number of halogens is 2. The van der Waals surface area contributed by atoms with Crippen molar-refractivity contribution in [1.29, 1.82) is 0 Å². The fourth-order valence-electron chi connectivity index (χ4n) is 3.11. The van der Waals surface area contributed by atoms with Crippen molar-refractivity contribution in [2.24, 2.45) is 0 Å². The molecule has 1 fully saturated rings. The highest BCUT2D eigenvalue weighted by Gasteiger charge is 2.18. The summed E-state index contributed by atoms with van der Waals surface area (Å²) in [6, 6.07) is 11.6. The molecule has 1 aliphatic heterocycles. The molecular formula is C21H22Cl2N2O3. The molecule has 0 saturated carbocycles. The Morgan fingerprint density at radius 1 is 1.00 bits per heavy atom. The van der Waals surface area contributed by atoms with Crippen LogP contribution < -0.4 is 10.1 Å². The van der Waals surface area contributed by atoms with Crippen molar-refractivity contribution in [2.75, 3.05) is 25.0 Å². The first-order valence-electron chi connectivity index (χ1n) is 9.30. The van der Waals surface area contributed by atoms with E-state index in [0.717, 1.165) is 38.8 Å². The fraction of sp³-hybridized carbons (Fsp3) is 0.333. The molecule has 1 aliphatic rings. The molecule has 5 nitrogen and oxygen atoms in total. The van der Waals surface area contributed by atoms with Gasteiger partial charge in [0.1, 0.15) is 5.75 Å². The van der Waals surface area contributed by atoms with Crippen LogP contribution in [-0.2, 0) is 4.79 Å². The van der Waals surface area contributed by atoms with Gasteiger partial charge >= 0.3 is 0 Å². The van der Waals surface area contributed by atoms with E-state index in [2.05, 4.69) is 5.32 Å². The molecule has 2 amide bonds. The maximum Gasteiger partial charge on any atom is 0.260 e. The number of hydrogen-bond donors (Lipinski definition) is 1. The third kappa shape index (κ3) is 5.40. The minimum absolute atomic E-state index is 0.0602. The summed E-state index contributed by atoms with van der Waals surface area (Å²) in [7, 11) is 0. The lowest BCUT2D eigenvalue weighted by Gasteiger charge is -2.20. The number of nitrogens with one attached hydrogen (secondary N) is 1. The number of ether oxygens (including phenoxy) is 1. The van der Waals surface area contributed by atoms with Crippen molar-refractivity contribution >= 4 is 40.7 Å². The highest BCUT2D eigenvalue weighted by atomic mass is 35.5. The van der Waals surface area contributed by atoms with E-state index in [1.165, 1.54) is 0 Å². The summed E-state index contributed by atoms with van der Waals surface area (Å²) >= 11 is 12.1. The molecule has 3 rings (SSSR count). The number of likely N-dealkylation sites (tertiary alicyclic amines) is 1. The lowest BCUT2D eigenvalue weighted by molar-refractivity contribution is -0.133. The van der Waals surface area contributed by atoms with Crippen molar-refractivity contribution in [3.63, 3.8) is 0 Å². The predicted molar refractivity (Wildman–Crippen MR) is 111 cm³/mol. The Hall–Kier alpha value is -2.24. The van der Waals surface area contributed by atoms with E-state index in [1.54, 1.807) is 42.5 Å². The largest absolute Gasteiger partial charge is 0.483 e. The molecule has 2 aromatic carbocycles. The van der Waals surface area contributed by atoms with Crippen molar-refractivity contribution in [3.8, 4) is 5.75 Å². The average Bonchev–Trinajstić information content (AvgIpc) is 2.98. The summed E-state index contributed by atoms with van der Waals surface area (Å²) < 4.78 is 5.69. The summed E-state index contributed by atoms with van der Waals surface area (Å²) in [5, 5.41) is 3.58. The summed E-state index contributed by atoms with van der Waals surface area (Å²) in [6.45, 7) is 1.43. The van der Waals surface area contributed by atoms with Crippen molar-refractivity contribution in [3.05, 3.63) is 58.1 Å². The van der Waals surface area contributed by atoms with Gasteiger partial charge in [0.15, 0.2) is 6.61 Å². The number of nitrogens with zero attached hydrogens (tertiary/aromatic N) is 1. The zero-order valence-corrected chi connectivity index (χ0v) is 16.9. The highest BCUT2D eigenvalue weighted by molar-refractivity contribution is 6.35. The number of anilines is 1. The molecule has 7 heteroatoms. The monoisotopic (exact) mass is 420 g/mol. The lowest BCUT2D eigenvalue weighted by atomic mass is 10.2. The van der Waals surface area contributed by atoms with E-state index in [-0.39, 0.29) is 18.4 Å². The number of hydrogen-bond acceptors (Lipinski definition) is 3. The predicted octanol–water partition coefficient (Wildman–Crippen LogP) is 5.03. The van der Waals surface area contributed by atoms with Crippen molar-refractivity contribution in [2.45, 2.75) is 25.7 Å². The zero-order valence-electron chi connectivity index (χ0n) is 15.4. The van der Waals surface area contributed by atoms with Gasteiger partial charge in [0, 0.05) is 18.1 Å². The summed E-state index contributed by atoms with van der Waals surface area (Å²) in [6.07, 6.45) is 4.34. The standard InChI is InChI=1S/C21H22Cl2N2O3/c22-15-9-10-17(23)18(13-15)24-21(27)16-7-3-4-8-19(16)28-14-20(26)25-11-5-1-2-6-12-25/h3-4,7-10,13H,1-2,5-6,11-12,14H2,(H,24,27). The molecule has 0 radical (unpaired) electrons. The number of amides is 2. The van der Waals surface area contributed by atoms with Gasteiger partial charge < -0.3 is 15.0 Å². The van der Waals surface area contributed by atoms with E-state index >= 15 is 0 Å². The van der Waals surface area contributed by atoms with E-state index in [4.69, 9.17) is 27.9 Å². The lowest BCUT2D eigenvalue weighted by Crippen LogP contribution is -2.35. The molecule has 0 atom stereocenters. The minimum Gasteiger partial charge on any atom is -0.483 e. The van der Waals surface area contributed by atoms with Gasteiger partial charge in [-0.05, 0) is 43.2 Å². The minimum atomic E-state index is -0.387. The summed E-state index contributed by atoms with van der Waals surface area (Å²) in [4.78, 5) is 27.0. The SMILES string of the molecule is O=C(Nc1cc(Cl)ccc1Cl)c1ccccc1OCC(=O)N1CCCCCC1. The van der Waals surface area contributed by atoms with Gasteiger partial charge in [-0.1, -0.05) is 48.2 Å². The second-order valence-electron chi connectivity index (χ2n) is 6.66. The average molecular weight is 421 g/mol. The molecule has 1 N–H and O–H groups in total. The van der Waals surface area contributed by atoms with Crippen molar-refractivity contribution in [1.82, 2.24) is 4.90 Å². The summed E-state index contributed by atoms with van der Waals surface area (Å²) in [5.74, 6) is -0.0988. The second-order valence-corrected chi connectivity index (χ2v) is 7.50. The third-order valence-electron chi connectivity index (χ3n) is 4.62. The highest BCUT2D eigenvalue weighted by Crippen LogP contribution is 2.27. The van der Waals surface area contributed by atoms with Crippen LogP contribution in [0.25, 0.3) is 0 Å². The van der Waals surface area contributed by atoms with Crippen LogP contribution in [0.2, 0.25) is 10.0 Å². The van der Waals surface area contributed by atoms with Crippen LogP contribution in [0.1, 0.15) is 36.0 Å². The van der Waals surface area contributed by atoms with Gasteiger partial charge in [-0.3, -0.25) is 9.59 Å². The smallest absolute Gasteiger partial charge is 0.260 e. The van der Waals surface area contributed by atoms with Crippen LogP contribution in [-0.4, -0.2) is 36.4 Å². The molecule has 148 valence electrons. The van der Waals surface area contributed by atoms with Gasteiger partial charge in [0.25, 0.3) is 11.8 Å². The number of benzene rings is 2. The molecule has 0 unspecified atom stereocenters. The molecule has 2 aromatic rings. The first-order chi connectivity index (χ1) is 13.5. The van der Waals surface area contributed by atoms with Gasteiger partial charge in [0.05, 0.1) is 16.3 Å². The first kappa shape index (κ1) is 20.5. The summed E-state index contributed by atoms with van der Waals surface area (Å²) in [5.41, 5.74) is 0.733. The molecule has 1 heterocycles. The maximum absolute atomic E-state index is 12.7. The quantitative estimate of drug-likeness (QED) is 0.737. The Bertz CT molecular complexity index is 849. The van der Waals surface area contributed by atoms with E-state index < -0.39 is 0 Å². The molecule has 28 heavy (non-hydrogen) atoms. The zero-order chi connectivity index (χ0) is 19.9. The van der Waals surface area contributed by atoms with Crippen LogP contribution in [0.4, 0.5) is 5.69 Å². The number of rotatable bonds is 5. The van der Waals surface area contributed by atoms with E-state index in [0.29, 0.717) is 27.0 Å². The Morgan fingerprint density at radius 2 is 1.71 bits per heavy atom. The maximum atomic E-state index is 12.7. The van der Waals surface area contributed by atoms with Gasteiger partial charge in [-0.2, -0.15) is 0 Å². The molecule has 0 aliphatic carbocycles. The normalized spacial score (nSPS) is 14.3. The molecule has 0 spiro atoms. The Kier molecular flexibility index (Phi) is 7.18. The Morgan fingerprint density at radius 3 is 2.46 bits per heavy atom. The van der Waals surface area contributed by atoms with Crippen LogP contribution >= 0.6 is 23.2 Å². The fourth-order valence-corrected chi connectivity index (χ4v) is 3.45. The number of para-hydroxylation sites is 1. The first-order valence-corrected chi connectivity index (χ1v) is 10.1. The van der Waals surface area contributed by atoms with Crippen LogP contribution in [0, 0.1) is 0 Å². The molecule has 1 saturated heterocycles. The Labute approximate surface area is 174 Å². The van der Waals surface area contributed by atoms with Gasteiger partial charge in [-0.25, -0.2) is 0 Å². The van der Waals surface area contributed by atoms with Crippen LogP contribution in [0.5, 0.6) is 5.75 Å².